The molecule has 7 nitrogen and oxygen atoms in total. The van der Waals surface area contributed by atoms with Crippen molar-refractivity contribution in [2.45, 2.75) is 23.8 Å². The average molecular weight is 300 g/mol. The molecule has 0 aromatic heterocycles. The molecule has 0 aliphatic heterocycles. The molecule has 1 aromatic rings. The topological polar surface area (TPSA) is 110 Å². The zero-order chi connectivity index (χ0) is 14.9. The number of aliphatic hydroxyl groups is 1. The first-order valence-electron chi connectivity index (χ1n) is 6.20. The molecule has 0 saturated heterocycles. The second-order valence-electron chi connectivity index (χ2n) is 4.97. The molecule has 1 aliphatic rings. The highest BCUT2D eigenvalue weighted by molar-refractivity contribution is 7.90. The zero-order valence-corrected chi connectivity index (χ0v) is 11.8. The van der Waals surface area contributed by atoms with Gasteiger partial charge >= 0.3 is 5.69 Å². The van der Waals surface area contributed by atoms with Gasteiger partial charge in [0.15, 0.2) is 9.84 Å². The minimum atomic E-state index is -3.69. The van der Waals surface area contributed by atoms with Gasteiger partial charge in [-0.25, -0.2) is 8.42 Å². The summed E-state index contributed by atoms with van der Waals surface area (Å²) in [5.74, 6) is 0.236. The molecule has 0 amide bonds. The zero-order valence-electron chi connectivity index (χ0n) is 10.9. The number of para-hydroxylation sites is 1. The lowest BCUT2D eigenvalue weighted by molar-refractivity contribution is -0.386. The Morgan fingerprint density at radius 1 is 1.50 bits per heavy atom. The summed E-state index contributed by atoms with van der Waals surface area (Å²) in [5, 5.41) is 23.6. The van der Waals surface area contributed by atoms with Crippen molar-refractivity contribution < 1.29 is 18.4 Å². The fourth-order valence-electron chi connectivity index (χ4n) is 2.01. The largest absolute Gasteiger partial charge is 0.391 e. The van der Waals surface area contributed by atoms with Crippen LogP contribution in [0.3, 0.4) is 0 Å². The second kappa shape index (κ2) is 5.37. The van der Waals surface area contributed by atoms with E-state index in [0.717, 1.165) is 19.1 Å². The Balaban J connectivity index is 2.29. The lowest BCUT2D eigenvalue weighted by Crippen LogP contribution is -2.22. The van der Waals surface area contributed by atoms with Gasteiger partial charge in [0.05, 0.1) is 11.0 Å². The van der Waals surface area contributed by atoms with Crippen molar-refractivity contribution in [3.63, 3.8) is 0 Å². The van der Waals surface area contributed by atoms with Gasteiger partial charge in [0.2, 0.25) is 0 Å². The van der Waals surface area contributed by atoms with Gasteiger partial charge in [0.1, 0.15) is 10.6 Å². The Hall–Kier alpha value is -1.67. The van der Waals surface area contributed by atoms with E-state index < -0.39 is 26.6 Å². The van der Waals surface area contributed by atoms with Crippen LogP contribution in [-0.4, -0.2) is 37.4 Å². The maximum absolute atomic E-state index is 11.6. The molecule has 2 rings (SSSR count). The van der Waals surface area contributed by atoms with E-state index >= 15 is 0 Å². The Kier molecular flexibility index (Phi) is 3.96. The summed E-state index contributed by atoms with van der Waals surface area (Å²) in [6, 6.07) is 4.08. The summed E-state index contributed by atoms with van der Waals surface area (Å²) in [4.78, 5) is 10.1. The third-order valence-electron chi connectivity index (χ3n) is 3.25. The van der Waals surface area contributed by atoms with E-state index in [4.69, 9.17) is 0 Å². The van der Waals surface area contributed by atoms with Crippen LogP contribution >= 0.6 is 0 Å². The number of nitrogens with zero attached hydrogens (tertiary/aromatic N) is 1. The maximum atomic E-state index is 11.6. The number of hydrogen-bond donors (Lipinski definition) is 2. The van der Waals surface area contributed by atoms with Crippen molar-refractivity contribution in [2.75, 3.05) is 18.1 Å². The predicted octanol–water partition coefficient (Wildman–Crippen LogP) is 1.18. The Bertz CT molecular complexity index is 625. The standard InChI is InChI=1S/C12H16N2O5S/c1-20(18,19)11-4-2-3-9(12(11)14(16)17)13-7-10(15)8-5-6-8/h2-4,8,10,13,15H,5-7H2,1H3. The van der Waals surface area contributed by atoms with Crippen LogP contribution in [0.1, 0.15) is 12.8 Å². The molecule has 20 heavy (non-hydrogen) atoms. The molecule has 0 radical (unpaired) electrons. The van der Waals surface area contributed by atoms with Crippen LogP contribution in [0, 0.1) is 16.0 Å². The third-order valence-corrected chi connectivity index (χ3v) is 4.38. The normalized spacial score (nSPS) is 16.7. The minimum Gasteiger partial charge on any atom is -0.391 e. The summed E-state index contributed by atoms with van der Waals surface area (Å²) in [6.07, 6.45) is 2.26. The van der Waals surface area contributed by atoms with Gasteiger partial charge < -0.3 is 10.4 Å². The van der Waals surface area contributed by atoms with Gasteiger partial charge in [-0.15, -0.1) is 0 Å². The summed E-state index contributed by atoms with van der Waals surface area (Å²) < 4.78 is 23.2. The van der Waals surface area contributed by atoms with E-state index in [2.05, 4.69) is 5.32 Å². The van der Waals surface area contributed by atoms with Crippen LogP contribution < -0.4 is 5.32 Å². The Labute approximate surface area is 116 Å². The number of benzene rings is 1. The molecule has 1 unspecified atom stereocenters. The number of anilines is 1. The minimum absolute atomic E-state index is 0.109. The van der Waals surface area contributed by atoms with E-state index in [9.17, 15) is 23.6 Å². The number of sulfone groups is 1. The van der Waals surface area contributed by atoms with Crippen molar-refractivity contribution >= 4 is 21.2 Å². The molecule has 1 fully saturated rings. The molecular formula is C12H16N2O5S. The number of nitro benzene ring substituents is 1. The number of aliphatic hydroxyl groups excluding tert-OH is 1. The van der Waals surface area contributed by atoms with E-state index in [1.54, 1.807) is 0 Å². The average Bonchev–Trinajstić information content (AvgIpc) is 3.18. The van der Waals surface area contributed by atoms with Gasteiger partial charge in [-0.2, -0.15) is 0 Å². The highest BCUT2D eigenvalue weighted by Crippen LogP contribution is 2.34. The van der Waals surface area contributed by atoms with E-state index in [-0.39, 0.29) is 23.0 Å². The van der Waals surface area contributed by atoms with Crippen LogP contribution in [0.4, 0.5) is 11.4 Å². The summed E-state index contributed by atoms with van der Waals surface area (Å²) >= 11 is 0. The van der Waals surface area contributed by atoms with Gasteiger partial charge in [0.25, 0.3) is 0 Å². The van der Waals surface area contributed by atoms with Gasteiger partial charge in [0, 0.05) is 12.8 Å². The van der Waals surface area contributed by atoms with E-state index in [1.807, 2.05) is 0 Å². The molecule has 0 heterocycles. The first-order valence-corrected chi connectivity index (χ1v) is 8.09. The number of rotatable bonds is 6. The van der Waals surface area contributed by atoms with Crippen LogP contribution in [0.5, 0.6) is 0 Å². The smallest absolute Gasteiger partial charge is 0.310 e. The highest BCUT2D eigenvalue weighted by atomic mass is 32.2. The number of nitro groups is 1. The van der Waals surface area contributed by atoms with Crippen molar-refractivity contribution in [1.82, 2.24) is 0 Å². The summed E-state index contributed by atoms with van der Waals surface area (Å²) in [7, 11) is -3.69. The summed E-state index contributed by atoms with van der Waals surface area (Å²) in [5.41, 5.74) is -0.365. The van der Waals surface area contributed by atoms with Crippen LogP contribution in [0.25, 0.3) is 0 Å². The monoisotopic (exact) mass is 300 g/mol. The van der Waals surface area contributed by atoms with Crippen LogP contribution in [0.2, 0.25) is 0 Å². The molecule has 0 spiro atoms. The van der Waals surface area contributed by atoms with Crippen molar-refractivity contribution in [1.29, 1.82) is 0 Å². The predicted molar refractivity (Wildman–Crippen MR) is 73.4 cm³/mol. The molecular weight excluding hydrogens is 284 g/mol. The molecule has 1 atom stereocenters. The highest BCUT2D eigenvalue weighted by Gasteiger charge is 2.31. The van der Waals surface area contributed by atoms with Crippen molar-refractivity contribution in [3.05, 3.63) is 28.3 Å². The lowest BCUT2D eigenvalue weighted by Gasteiger charge is -2.13. The van der Waals surface area contributed by atoms with Crippen molar-refractivity contribution in [3.8, 4) is 0 Å². The van der Waals surface area contributed by atoms with Crippen LogP contribution in [-0.2, 0) is 9.84 Å². The molecule has 2 N–H and O–H groups in total. The summed E-state index contributed by atoms with van der Waals surface area (Å²) in [6.45, 7) is 0.165. The molecule has 8 heteroatoms. The third kappa shape index (κ3) is 3.26. The fraction of sp³-hybridized carbons (Fsp3) is 0.500. The molecule has 1 saturated carbocycles. The molecule has 0 bridgehead atoms. The first kappa shape index (κ1) is 14.7. The molecule has 1 aliphatic carbocycles. The SMILES string of the molecule is CS(=O)(=O)c1cccc(NCC(O)C2CC2)c1[N+](=O)[O-]. The quantitative estimate of drug-likeness (QED) is 0.603. The Morgan fingerprint density at radius 3 is 2.65 bits per heavy atom. The van der Waals surface area contributed by atoms with Gasteiger partial charge in [-0.1, -0.05) is 6.07 Å². The number of hydrogen-bond acceptors (Lipinski definition) is 6. The fourth-order valence-corrected chi connectivity index (χ4v) is 2.88. The second-order valence-corrected chi connectivity index (χ2v) is 6.95. The van der Waals surface area contributed by atoms with Gasteiger partial charge in [-0.05, 0) is 30.9 Å². The number of nitrogens with one attached hydrogen (secondary N) is 1. The van der Waals surface area contributed by atoms with E-state index in [0.29, 0.717) is 0 Å². The first-order chi connectivity index (χ1) is 9.30. The lowest BCUT2D eigenvalue weighted by atomic mass is 10.2. The van der Waals surface area contributed by atoms with Crippen molar-refractivity contribution in [2.24, 2.45) is 5.92 Å². The van der Waals surface area contributed by atoms with Gasteiger partial charge in [-0.3, -0.25) is 10.1 Å². The van der Waals surface area contributed by atoms with Crippen LogP contribution in [0.15, 0.2) is 23.1 Å². The van der Waals surface area contributed by atoms with E-state index in [1.165, 1.54) is 18.2 Å². The Morgan fingerprint density at radius 2 is 2.15 bits per heavy atom. The molecule has 110 valence electrons. The maximum Gasteiger partial charge on any atom is 0.310 e. The molecule has 1 aromatic carbocycles.